The fourth-order valence-corrected chi connectivity index (χ4v) is 3.97. The minimum atomic E-state index is -3.48. The quantitative estimate of drug-likeness (QED) is 0.541. The van der Waals surface area contributed by atoms with Gasteiger partial charge >= 0.3 is 0 Å². The van der Waals surface area contributed by atoms with Crippen LogP contribution in [0.4, 0.5) is 0 Å². The third kappa shape index (κ3) is 3.92. The third-order valence-electron chi connectivity index (χ3n) is 2.72. The van der Waals surface area contributed by atoms with Gasteiger partial charge < -0.3 is 0 Å². The standard InChI is InChI=1S/C8H15ClO4S2/c1-14(10,11)7-3-2-4-8(5-6-8)15(9,12)13/h2-7H2,1H3. The van der Waals surface area contributed by atoms with Crippen LogP contribution in [0, 0.1) is 0 Å². The summed E-state index contributed by atoms with van der Waals surface area (Å²) in [6, 6.07) is 0. The molecule has 0 aromatic heterocycles. The number of hydrogen-bond donors (Lipinski definition) is 0. The molecule has 1 fully saturated rings. The van der Waals surface area contributed by atoms with Crippen molar-refractivity contribution in [1.82, 2.24) is 0 Å². The van der Waals surface area contributed by atoms with Crippen molar-refractivity contribution >= 4 is 29.6 Å². The summed E-state index contributed by atoms with van der Waals surface area (Å²) in [5, 5.41) is 0. The van der Waals surface area contributed by atoms with Gasteiger partial charge in [-0.3, -0.25) is 0 Å². The first kappa shape index (κ1) is 13.3. The Hall–Kier alpha value is 0.190. The maximum Gasteiger partial charge on any atom is 0.238 e. The van der Waals surface area contributed by atoms with E-state index >= 15 is 0 Å². The highest BCUT2D eigenvalue weighted by molar-refractivity contribution is 8.15. The first-order valence-electron chi connectivity index (χ1n) is 4.78. The van der Waals surface area contributed by atoms with Crippen molar-refractivity contribution < 1.29 is 16.8 Å². The van der Waals surface area contributed by atoms with Crippen LogP contribution in [0.2, 0.25) is 0 Å². The number of hydrogen-bond acceptors (Lipinski definition) is 4. The lowest BCUT2D eigenvalue weighted by atomic mass is 10.2. The molecule has 1 aliphatic carbocycles. The Bertz CT molecular complexity index is 420. The zero-order valence-corrected chi connectivity index (χ0v) is 11.0. The Morgan fingerprint density at radius 2 is 1.67 bits per heavy atom. The lowest BCUT2D eigenvalue weighted by Gasteiger charge is -2.09. The van der Waals surface area contributed by atoms with Gasteiger partial charge in [0.15, 0.2) is 0 Å². The fraction of sp³-hybridized carbons (Fsp3) is 1.00. The van der Waals surface area contributed by atoms with Crippen LogP contribution in [0.3, 0.4) is 0 Å². The maximum atomic E-state index is 11.2. The molecule has 90 valence electrons. The Morgan fingerprint density at radius 1 is 1.13 bits per heavy atom. The SMILES string of the molecule is CS(=O)(=O)CCCCC1(S(=O)(=O)Cl)CC1. The van der Waals surface area contributed by atoms with E-state index in [-0.39, 0.29) is 5.75 Å². The summed E-state index contributed by atoms with van der Waals surface area (Å²) in [6.45, 7) is 0. The molecule has 0 N–H and O–H groups in total. The van der Waals surface area contributed by atoms with E-state index < -0.39 is 23.6 Å². The van der Waals surface area contributed by atoms with Crippen molar-refractivity contribution in [2.75, 3.05) is 12.0 Å². The molecule has 1 saturated carbocycles. The van der Waals surface area contributed by atoms with E-state index in [1.165, 1.54) is 6.26 Å². The van der Waals surface area contributed by atoms with Crippen molar-refractivity contribution in [1.29, 1.82) is 0 Å². The summed E-state index contributed by atoms with van der Waals surface area (Å²) < 4.78 is 43.2. The Balaban J connectivity index is 2.34. The van der Waals surface area contributed by atoms with Crippen LogP contribution < -0.4 is 0 Å². The second kappa shape index (κ2) is 4.22. The van der Waals surface area contributed by atoms with E-state index in [9.17, 15) is 16.8 Å². The predicted octanol–water partition coefficient (Wildman–Crippen LogP) is 1.30. The molecule has 0 aliphatic heterocycles. The van der Waals surface area contributed by atoms with Crippen LogP contribution in [-0.4, -0.2) is 33.6 Å². The van der Waals surface area contributed by atoms with Gasteiger partial charge in [0, 0.05) is 22.7 Å². The molecule has 1 aliphatic rings. The molecule has 0 aromatic rings. The summed E-state index contributed by atoms with van der Waals surface area (Å²) >= 11 is 0. The molecule has 0 atom stereocenters. The Labute approximate surface area is 95.3 Å². The maximum absolute atomic E-state index is 11.2. The number of sulfone groups is 1. The van der Waals surface area contributed by atoms with Crippen molar-refractivity contribution in [2.45, 2.75) is 36.9 Å². The molecule has 0 unspecified atom stereocenters. The van der Waals surface area contributed by atoms with Gasteiger partial charge in [0.1, 0.15) is 9.84 Å². The van der Waals surface area contributed by atoms with Crippen LogP contribution in [0.5, 0.6) is 0 Å². The van der Waals surface area contributed by atoms with Crippen LogP contribution >= 0.6 is 10.7 Å². The highest BCUT2D eigenvalue weighted by Gasteiger charge is 2.52. The van der Waals surface area contributed by atoms with Crippen LogP contribution in [0.1, 0.15) is 32.1 Å². The Morgan fingerprint density at radius 3 is 2.00 bits per heavy atom. The minimum absolute atomic E-state index is 0.116. The van der Waals surface area contributed by atoms with Gasteiger partial charge in [0.05, 0.1) is 4.75 Å². The van der Waals surface area contributed by atoms with Crippen LogP contribution in [0.25, 0.3) is 0 Å². The highest BCUT2D eigenvalue weighted by atomic mass is 35.7. The van der Waals surface area contributed by atoms with Crippen molar-refractivity contribution in [3.8, 4) is 0 Å². The van der Waals surface area contributed by atoms with Gasteiger partial charge in [0.2, 0.25) is 9.05 Å². The average molecular weight is 275 g/mol. The molecule has 0 heterocycles. The summed E-state index contributed by atoms with van der Waals surface area (Å²) in [7, 11) is -1.11. The summed E-state index contributed by atoms with van der Waals surface area (Å²) in [6.07, 6.45) is 3.98. The molecule has 0 amide bonds. The zero-order chi connectivity index (χ0) is 11.7. The molecule has 15 heavy (non-hydrogen) atoms. The normalized spacial score (nSPS) is 20.1. The topological polar surface area (TPSA) is 68.3 Å². The summed E-state index contributed by atoms with van der Waals surface area (Å²) in [5.74, 6) is 0.116. The molecule has 0 spiro atoms. The lowest BCUT2D eigenvalue weighted by Crippen LogP contribution is -2.18. The summed E-state index contributed by atoms with van der Waals surface area (Å²) in [5.41, 5.74) is 0. The minimum Gasteiger partial charge on any atom is -0.229 e. The van der Waals surface area contributed by atoms with Crippen LogP contribution in [-0.2, 0) is 18.9 Å². The average Bonchev–Trinajstić information content (AvgIpc) is 2.75. The Kier molecular flexibility index (Phi) is 3.73. The van der Waals surface area contributed by atoms with Gasteiger partial charge in [-0.25, -0.2) is 16.8 Å². The second-order valence-corrected chi connectivity index (χ2v) is 9.43. The first-order valence-corrected chi connectivity index (χ1v) is 9.15. The van der Waals surface area contributed by atoms with Crippen molar-refractivity contribution in [2.24, 2.45) is 0 Å². The molecule has 0 aromatic carbocycles. The van der Waals surface area contributed by atoms with Gasteiger partial charge in [0.25, 0.3) is 0 Å². The number of rotatable bonds is 6. The molecule has 4 nitrogen and oxygen atoms in total. The smallest absolute Gasteiger partial charge is 0.229 e. The van der Waals surface area contributed by atoms with Crippen molar-refractivity contribution in [3.63, 3.8) is 0 Å². The third-order valence-corrected chi connectivity index (χ3v) is 6.38. The fourth-order valence-electron chi connectivity index (χ4n) is 1.57. The van der Waals surface area contributed by atoms with Gasteiger partial charge in [-0.05, 0) is 25.7 Å². The highest BCUT2D eigenvalue weighted by Crippen LogP contribution is 2.49. The number of unbranched alkanes of at least 4 members (excludes halogenated alkanes) is 1. The van der Waals surface area contributed by atoms with Gasteiger partial charge in [-0.1, -0.05) is 6.42 Å². The second-order valence-electron chi connectivity index (χ2n) is 4.21. The number of halogens is 1. The van der Waals surface area contributed by atoms with E-state index in [0.29, 0.717) is 32.1 Å². The molecule has 0 bridgehead atoms. The van der Waals surface area contributed by atoms with Gasteiger partial charge in [-0.2, -0.15) is 0 Å². The van der Waals surface area contributed by atoms with E-state index in [4.69, 9.17) is 10.7 Å². The van der Waals surface area contributed by atoms with E-state index in [1.54, 1.807) is 0 Å². The molecule has 0 saturated heterocycles. The van der Waals surface area contributed by atoms with Crippen molar-refractivity contribution in [3.05, 3.63) is 0 Å². The van der Waals surface area contributed by atoms with E-state index in [1.807, 2.05) is 0 Å². The molecule has 1 rings (SSSR count). The van der Waals surface area contributed by atoms with Gasteiger partial charge in [-0.15, -0.1) is 0 Å². The molecule has 0 radical (unpaired) electrons. The zero-order valence-electron chi connectivity index (χ0n) is 8.57. The summed E-state index contributed by atoms with van der Waals surface area (Å²) in [4.78, 5) is 0. The first-order chi connectivity index (χ1) is 6.66. The van der Waals surface area contributed by atoms with E-state index in [2.05, 4.69) is 0 Å². The lowest BCUT2D eigenvalue weighted by molar-refractivity contribution is 0.570. The monoisotopic (exact) mass is 274 g/mol. The molecular formula is C8H15ClO4S2. The van der Waals surface area contributed by atoms with Crippen LogP contribution in [0.15, 0.2) is 0 Å². The largest absolute Gasteiger partial charge is 0.238 e. The predicted molar refractivity (Wildman–Crippen MR) is 60.3 cm³/mol. The molecule has 7 heteroatoms. The molecular weight excluding hydrogens is 260 g/mol. The van der Waals surface area contributed by atoms with E-state index in [0.717, 1.165) is 0 Å².